The van der Waals surface area contributed by atoms with Crippen molar-refractivity contribution < 1.29 is 9.18 Å². The number of amides is 2. The zero-order chi connectivity index (χ0) is 16.2. The summed E-state index contributed by atoms with van der Waals surface area (Å²) in [7, 11) is 0. The van der Waals surface area contributed by atoms with Gasteiger partial charge in [-0.15, -0.1) is 0 Å². The minimum absolute atomic E-state index is 0.291. The molecule has 0 fully saturated rings. The summed E-state index contributed by atoms with van der Waals surface area (Å²) in [5.41, 5.74) is 2.45. The minimum Gasteiger partial charge on any atom is -0.307 e. The Hall–Kier alpha value is -2.69. The molecule has 5 heteroatoms. The highest BCUT2D eigenvalue weighted by Gasteiger charge is 2.23. The third kappa shape index (κ3) is 3.56. The maximum absolute atomic E-state index is 13.2. The summed E-state index contributed by atoms with van der Waals surface area (Å²) < 4.78 is 13.2. The lowest BCUT2D eigenvalue weighted by atomic mass is 10.2. The van der Waals surface area contributed by atoms with Crippen molar-refractivity contribution >= 4 is 23.2 Å². The number of anilines is 2. The van der Waals surface area contributed by atoms with Crippen LogP contribution in [0.5, 0.6) is 0 Å². The van der Waals surface area contributed by atoms with Crippen LogP contribution in [0, 0.1) is 12.7 Å². The molecule has 3 rings (SSSR count). The number of aliphatic imine (C=N–C) groups is 1. The van der Waals surface area contributed by atoms with E-state index in [1.807, 2.05) is 31.2 Å². The fourth-order valence-electron chi connectivity index (χ4n) is 2.50. The number of carbonyl (C=O) groups is 1. The number of nitrogens with zero attached hydrogens (tertiary/aromatic N) is 2. The minimum atomic E-state index is -0.332. The van der Waals surface area contributed by atoms with E-state index in [0.717, 1.165) is 18.4 Å². The van der Waals surface area contributed by atoms with Crippen LogP contribution in [0.15, 0.2) is 53.5 Å². The highest BCUT2D eigenvalue weighted by molar-refractivity contribution is 6.20. The first-order valence-electron chi connectivity index (χ1n) is 7.60. The van der Waals surface area contributed by atoms with Gasteiger partial charge in [0.2, 0.25) is 0 Å². The Morgan fingerprint density at radius 2 is 1.83 bits per heavy atom. The van der Waals surface area contributed by atoms with E-state index in [-0.39, 0.29) is 11.8 Å². The van der Waals surface area contributed by atoms with E-state index < -0.39 is 0 Å². The van der Waals surface area contributed by atoms with E-state index in [9.17, 15) is 9.18 Å². The maximum atomic E-state index is 13.2. The Bertz CT molecular complexity index is 723. The van der Waals surface area contributed by atoms with Crippen molar-refractivity contribution in [1.29, 1.82) is 0 Å². The quantitative estimate of drug-likeness (QED) is 0.879. The van der Waals surface area contributed by atoms with E-state index in [0.29, 0.717) is 23.8 Å². The van der Waals surface area contributed by atoms with Crippen LogP contribution < -0.4 is 10.2 Å². The van der Waals surface area contributed by atoms with Crippen molar-refractivity contribution in [3.05, 3.63) is 59.9 Å². The second kappa shape index (κ2) is 6.60. The van der Waals surface area contributed by atoms with Crippen LogP contribution in [0.2, 0.25) is 0 Å². The summed E-state index contributed by atoms with van der Waals surface area (Å²) in [5.74, 6) is 0.377. The molecule has 0 atom stereocenters. The van der Waals surface area contributed by atoms with E-state index in [4.69, 9.17) is 0 Å². The first-order valence-corrected chi connectivity index (χ1v) is 7.60. The monoisotopic (exact) mass is 311 g/mol. The largest absolute Gasteiger partial charge is 0.331 e. The third-order valence-corrected chi connectivity index (χ3v) is 3.70. The average Bonchev–Trinajstić information content (AvgIpc) is 3.06. The summed E-state index contributed by atoms with van der Waals surface area (Å²) in [5, 5.41) is 2.87. The highest BCUT2D eigenvalue weighted by Crippen LogP contribution is 2.21. The molecule has 1 N–H and O–H groups in total. The fourth-order valence-corrected chi connectivity index (χ4v) is 2.50. The van der Waals surface area contributed by atoms with Crippen molar-refractivity contribution in [3.63, 3.8) is 0 Å². The molecule has 0 radical (unpaired) electrons. The summed E-state index contributed by atoms with van der Waals surface area (Å²) in [4.78, 5) is 18.6. The molecule has 2 aromatic rings. The number of carbonyl (C=O) groups excluding carboxylic acids is 1. The molecule has 1 aliphatic rings. The Balaban J connectivity index is 1.86. The van der Waals surface area contributed by atoms with Gasteiger partial charge < -0.3 is 5.32 Å². The zero-order valence-electron chi connectivity index (χ0n) is 12.9. The van der Waals surface area contributed by atoms with Gasteiger partial charge in [-0.3, -0.25) is 9.89 Å². The molecule has 0 spiro atoms. The van der Waals surface area contributed by atoms with Crippen LogP contribution >= 0.6 is 0 Å². The molecule has 0 aromatic heterocycles. The van der Waals surface area contributed by atoms with Crippen molar-refractivity contribution in [2.45, 2.75) is 19.8 Å². The van der Waals surface area contributed by atoms with Crippen molar-refractivity contribution in [3.8, 4) is 0 Å². The van der Waals surface area contributed by atoms with E-state index in [1.54, 1.807) is 12.1 Å². The van der Waals surface area contributed by atoms with Gasteiger partial charge in [-0.25, -0.2) is 9.18 Å². The van der Waals surface area contributed by atoms with Crippen LogP contribution in [-0.4, -0.2) is 18.4 Å². The van der Waals surface area contributed by atoms with Crippen LogP contribution in [0.25, 0.3) is 0 Å². The normalized spacial score (nSPS) is 13.6. The Morgan fingerprint density at radius 3 is 2.43 bits per heavy atom. The van der Waals surface area contributed by atoms with Gasteiger partial charge in [0.15, 0.2) is 0 Å². The maximum Gasteiger partial charge on any atom is 0.331 e. The molecule has 0 saturated heterocycles. The Labute approximate surface area is 134 Å². The Kier molecular flexibility index (Phi) is 4.37. The number of hydrogen-bond donors (Lipinski definition) is 1. The number of amidine groups is 1. The number of halogens is 1. The number of aryl methyl sites for hydroxylation is 1. The number of hydrogen-bond acceptors (Lipinski definition) is 2. The average molecular weight is 311 g/mol. The molecular weight excluding hydrogens is 293 g/mol. The molecule has 1 heterocycles. The topological polar surface area (TPSA) is 44.7 Å². The molecule has 2 amide bonds. The molecule has 1 aliphatic heterocycles. The molecule has 118 valence electrons. The number of urea groups is 1. The Morgan fingerprint density at radius 1 is 1.13 bits per heavy atom. The molecule has 0 bridgehead atoms. The van der Waals surface area contributed by atoms with E-state index >= 15 is 0 Å². The lowest BCUT2D eigenvalue weighted by Crippen LogP contribution is -2.39. The van der Waals surface area contributed by atoms with Gasteiger partial charge in [0, 0.05) is 18.7 Å². The highest BCUT2D eigenvalue weighted by atomic mass is 19.1. The first-order chi connectivity index (χ1) is 11.1. The second-order valence-corrected chi connectivity index (χ2v) is 5.51. The lowest BCUT2D eigenvalue weighted by molar-refractivity contribution is 0.259. The van der Waals surface area contributed by atoms with Gasteiger partial charge >= 0.3 is 6.03 Å². The third-order valence-electron chi connectivity index (χ3n) is 3.70. The molecular formula is C18H18FN3O. The summed E-state index contributed by atoms with van der Waals surface area (Å²) in [6.45, 7) is 2.70. The van der Waals surface area contributed by atoms with Crippen LogP contribution in [-0.2, 0) is 0 Å². The first kappa shape index (κ1) is 15.2. The predicted molar refractivity (Wildman–Crippen MR) is 90.6 cm³/mol. The molecule has 0 aliphatic carbocycles. The van der Waals surface area contributed by atoms with Gasteiger partial charge in [0.1, 0.15) is 11.7 Å². The fraction of sp³-hybridized carbons (Fsp3) is 0.222. The lowest BCUT2D eigenvalue weighted by Gasteiger charge is -2.23. The van der Waals surface area contributed by atoms with Crippen LogP contribution in [0.3, 0.4) is 0 Å². The second-order valence-electron chi connectivity index (χ2n) is 5.51. The van der Waals surface area contributed by atoms with E-state index in [2.05, 4.69) is 10.3 Å². The zero-order valence-corrected chi connectivity index (χ0v) is 12.9. The van der Waals surface area contributed by atoms with Crippen molar-refractivity contribution in [2.24, 2.45) is 4.99 Å². The molecule has 0 unspecified atom stereocenters. The van der Waals surface area contributed by atoms with E-state index in [1.165, 1.54) is 17.0 Å². The van der Waals surface area contributed by atoms with Crippen molar-refractivity contribution in [1.82, 2.24) is 0 Å². The van der Waals surface area contributed by atoms with Gasteiger partial charge in [-0.1, -0.05) is 17.7 Å². The standard InChI is InChI=1S/C18H18FN3O/c1-13-4-8-15(9-5-13)21-18(23)22(17-3-2-12-20-17)16-10-6-14(19)7-11-16/h4-11H,2-3,12H2,1H3,(H,21,23). The SMILES string of the molecule is Cc1ccc(NC(=O)N(C2=NCCC2)c2ccc(F)cc2)cc1. The molecule has 4 nitrogen and oxygen atoms in total. The molecule has 2 aromatic carbocycles. The smallest absolute Gasteiger partial charge is 0.307 e. The van der Waals surface area contributed by atoms with Gasteiger partial charge in [0.25, 0.3) is 0 Å². The van der Waals surface area contributed by atoms with Gasteiger partial charge in [-0.2, -0.15) is 0 Å². The number of nitrogens with one attached hydrogen (secondary N) is 1. The molecule has 23 heavy (non-hydrogen) atoms. The van der Waals surface area contributed by atoms with Crippen molar-refractivity contribution in [2.75, 3.05) is 16.8 Å². The van der Waals surface area contributed by atoms with Gasteiger partial charge in [0.05, 0.1) is 5.69 Å². The number of benzene rings is 2. The van der Waals surface area contributed by atoms with Crippen LogP contribution in [0.1, 0.15) is 18.4 Å². The summed E-state index contributed by atoms with van der Waals surface area (Å²) in [6.07, 6.45) is 1.66. The predicted octanol–water partition coefficient (Wildman–Crippen LogP) is 4.36. The summed E-state index contributed by atoms with van der Waals surface area (Å²) in [6, 6.07) is 13.2. The van der Waals surface area contributed by atoms with Crippen LogP contribution in [0.4, 0.5) is 20.6 Å². The summed E-state index contributed by atoms with van der Waals surface area (Å²) >= 11 is 0. The van der Waals surface area contributed by atoms with Gasteiger partial charge in [-0.05, 0) is 49.7 Å². The number of rotatable bonds is 2. The molecule has 0 saturated carbocycles.